The van der Waals surface area contributed by atoms with Gasteiger partial charge in [0.2, 0.25) is 5.95 Å². The van der Waals surface area contributed by atoms with Crippen molar-refractivity contribution >= 4 is 51.1 Å². The second-order valence-electron chi connectivity index (χ2n) is 8.26. The minimum Gasteiger partial charge on any atom is -0.494 e. The van der Waals surface area contributed by atoms with Crippen LogP contribution in [0.25, 0.3) is 0 Å². The Labute approximate surface area is 197 Å². The van der Waals surface area contributed by atoms with Gasteiger partial charge in [0, 0.05) is 52.0 Å². The lowest BCUT2D eigenvalue weighted by Crippen LogP contribution is -2.44. The molecule has 2 aliphatic heterocycles. The first-order valence-corrected chi connectivity index (χ1v) is 11.7. The molecule has 0 spiro atoms. The molecule has 2 aliphatic rings. The number of benzene rings is 1. The van der Waals surface area contributed by atoms with Crippen molar-refractivity contribution in [3.05, 3.63) is 41.4 Å². The van der Waals surface area contributed by atoms with Gasteiger partial charge in [-0.1, -0.05) is 0 Å². The van der Waals surface area contributed by atoms with Gasteiger partial charge in [-0.25, -0.2) is 4.98 Å². The molecule has 1 amide bonds. The number of aromatic nitrogens is 2. The maximum atomic E-state index is 12.9. The number of thiophene rings is 1. The summed E-state index contributed by atoms with van der Waals surface area (Å²) in [7, 11) is 7.48. The number of nitrogens with zero attached hydrogens (tertiary/aromatic N) is 6. The first kappa shape index (κ1) is 21.5. The van der Waals surface area contributed by atoms with Crippen molar-refractivity contribution in [2.75, 3.05) is 74.4 Å². The highest BCUT2D eigenvalue weighted by Gasteiger charge is 2.30. The largest absolute Gasteiger partial charge is 0.494 e. The topological polar surface area (TPSA) is 77.1 Å². The van der Waals surface area contributed by atoms with Gasteiger partial charge in [-0.2, -0.15) is 4.98 Å². The maximum absolute atomic E-state index is 12.9. The van der Waals surface area contributed by atoms with Crippen LogP contribution in [-0.4, -0.2) is 75.2 Å². The quantitative estimate of drug-likeness (QED) is 0.628. The molecule has 0 bridgehead atoms. The number of rotatable bonds is 4. The van der Waals surface area contributed by atoms with Crippen LogP contribution < -0.4 is 24.8 Å². The van der Waals surface area contributed by atoms with Crippen LogP contribution in [-0.2, 0) is 0 Å². The summed E-state index contributed by atoms with van der Waals surface area (Å²) in [5, 5.41) is 6.08. The van der Waals surface area contributed by atoms with Gasteiger partial charge in [0.15, 0.2) is 5.82 Å². The van der Waals surface area contributed by atoms with Crippen LogP contribution in [0.3, 0.4) is 0 Å². The van der Waals surface area contributed by atoms with Crippen LogP contribution in [0, 0.1) is 0 Å². The van der Waals surface area contributed by atoms with Crippen molar-refractivity contribution in [3.63, 3.8) is 0 Å². The normalized spacial score (nSPS) is 16.4. The van der Waals surface area contributed by atoms with Crippen LogP contribution in [0.2, 0.25) is 0 Å². The summed E-state index contributed by atoms with van der Waals surface area (Å²) in [4.78, 5) is 30.3. The number of methoxy groups -OCH3 is 1. The van der Waals surface area contributed by atoms with E-state index >= 15 is 0 Å². The number of piperazine rings is 1. The van der Waals surface area contributed by atoms with Gasteiger partial charge in [-0.3, -0.25) is 4.79 Å². The number of hydrogen-bond donors (Lipinski definition) is 1. The molecular weight excluding hydrogens is 438 g/mol. The summed E-state index contributed by atoms with van der Waals surface area (Å²) in [6.45, 7) is 4.07. The van der Waals surface area contributed by atoms with Crippen LogP contribution in [0.15, 0.2) is 35.8 Å². The van der Waals surface area contributed by atoms with Crippen molar-refractivity contribution in [2.45, 2.75) is 0 Å². The van der Waals surface area contributed by atoms with Crippen LogP contribution >= 0.6 is 11.3 Å². The number of anilines is 6. The Morgan fingerprint density at radius 1 is 1.06 bits per heavy atom. The number of fused-ring (bicyclic) bond motifs is 2. The maximum Gasteiger partial charge on any atom is 0.261 e. The Balaban J connectivity index is 1.44. The highest BCUT2D eigenvalue weighted by molar-refractivity contribution is 7.14. The molecule has 1 N–H and O–H groups in total. The van der Waals surface area contributed by atoms with Gasteiger partial charge >= 0.3 is 0 Å². The summed E-state index contributed by atoms with van der Waals surface area (Å²) in [6.07, 6.45) is 1.68. The molecule has 10 heteroatoms. The predicted octanol–water partition coefficient (Wildman–Crippen LogP) is 3.40. The Morgan fingerprint density at radius 2 is 1.85 bits per heavy atom. The molecule has 1 aromatic carbocycles. The van der Waals surface area contributed by atoms with Crippen molar-refractivity contribution in [3.8, 4) is 5.75 Å². The molecule has 0 aliphatic carbocycles. The van der Waals surface area contributed by atoms with Gasteiger partial charge in [0.1, 0.15) is 16.4 Å². The Morgan fingerprint density at radius 3 is 2.61 bits per heavy atom. The number of ether oxygens (including phenoxy) is 1. The van der Waals surface area contributed by atoms with Crippen LogP contribution in [0.4, 0.5) is 33.8 Å². The van der Waals surface area contributed by atoms with Gasteiger partial charge in [-0.15, -0.1) is 11.3 Å². The van der Waals surface area contributed by atoms with E-state index in [0.717, 1.165) is 48.3 Å². The van der Waals surface area contributed by atoms with Crippen LogP contribution in [0.5, 0.6) is 5.75 Å². The molecular formula is C23H27N7O2S. The SMILES string of the molecule is COc1cc(N2CCN(C)CC2)ccc1Nc1ncc2c(n1)N(C)c1sccc1C(=O)N2C. The zero-order chi connectivity index (χ0) is 23.1. The number of amides is 1. The molecule has 3 aromatic rings. The average molecular weight is 466 g/mol. The monoisotopic (exact) mass is 465 g/mol. The minimum absolute atomic E-state index is 0.0673. The van der Waals surface area contributed by atoms with Crippen LogP contribution in [0.1, 0.15) is 10.4 Å². The van der Waals surface area contributed by atoms with E-state index in [-0.39, 0.29) is 5.91 Å². The second kappa shape index (κ2) is 8.53. The van der Waals surface area contributed by atoms with E-state index in [0.29, 0.717) is 23.0 Å². The number of hydrogen-bond acceptors (Lipinski definition) is 9. The minimum atomic E-state index is -0.0673. The Hall–Kier alpha value is -3.37. The van der Waals surface area contributed by atoms with E-state index in [4.69, 9.17) is 9.72 Å². The molecule has 172 valence electrons. The molecule has 4 heterocycles. The van der Waals surface area contributed by atoms with E-state index in [1.807, 2.05) is 35.5 Å². The van der Waals surface area contributed by atoms with Gasteiger partial charge in [0.05, 0.1) is 24.6 Å². The lowest BCUT2D eigenvalue weighted by atomic mass is 10.2. The molecule has 1 fully saturated rings. The first-order valence-electron chi connectivity index (χ1n) is 10.8. The summed E-state index contributed by atoms with van der Waals surface area (Å²) in [5.41, 5.74) is 3.25. The summed E-state index contributed by atoms with van der Waals surface area (Å²) in [6, 6.07) is 7.99. The van der Waals surface area contributed by atoms with E-state index < -0.39 is 0 Å². The smallest absolute Gasteiger partial charge is 0.261 e. The number of likely N-dealkylation sites (N-methyl/N-ethyl adjacent to an activating group) is 1. The molecule has 0 saturated carbocycles. The standard InChI is InChI=1S/C23H27N7O2S/c1-27-8-10-30(11-9-27)15-5-6-17(19(13-15)32-4)25-23-24-14-18-20(26-23)29(3)22-16(7-12-33-22)21(31)28(18)2/h5-7,12-14H,8-11H2,1-4H3,(H,24,25,26). The van der Waals surface area contributed by atoms with E-state index in [2.05, 4.69) is 33.2 Å². The third-order valence-corrected chi connectivity index (χ3v) is 7.20. The number of carbonyl (C=O) groups is 1. The number of nitrogens with one attached hydrogen (secondary N) is 1. The summed E-state index contributed by atoms with van der Waals surface area (Å²) >= 11 is 1.52. The van der Waals surface area contributed by atoms with Crippen molar-refractivity contribution in [2.24, 2.45) is 0 Å². The molecule has 5 rings (SSSR count). The first-order chi connectivity index (χ1) is 16.0. The summed E-state index contributed by atoms with van der Waals surface area (Å²) in [5.74, 6) is 1.76. The average Bonchev–Trinajstić information content (AvgIpc) is 3.31. The molecule has 2 aromatic heterocycles. The van der Waals surface area contributed by atoms with E-state index in [1.165, 1.54) is 11.3 Å². The third-order valence-electron chi connectivity index (χ3n) is 6.21. The fourth-order valence-electron chi connectivity index (χ4n) is 4.19. The Bertz CT molecular complexity index is 1190. The zero-order valence-corrected chi connectivity index (χ0v) is 20.0. The highest BCUT2D eigenvalue weighted by atomic mass is 32.1. The lowest BCUT2D eigenvalue weighted by molar-refractivity contribution is 0.0994. The highest BCUT2D eigenvalue weighted by Crippen LogP contribution is 2.41. The lowest BCUT2D eigenvalue weighted by Gasteiger charge is -2.34. The predicted molar refractivity (Wildman–Crippen MR) is 133 cm³/mol. The number of carbonyl (C=O) groups excluding carboxylic acids is 1. The fourth-order valence-corrected chi connectivity index (χ4v) is 5.05. The van der Waals surface area contributed by atoms with Gasteiger partial charge in [-0.05, 0) is 30.6 Å². The van der Waals surface area contributed by atoms with Crippen molar-refractivity contribution < 1.29 is 9.53 Å². The van der Waals surface area contributed by atoms with E-state index in [9.17, 15) is 4.79 Å². The van der Waals surface area contributed by atoms with Gasteiger partial charge < -0.3 is 29.7 Å². The fraction of sp³-hybridized carbons (Fsp3) is 0.348. The molecule has 9 nitrogen and oxygen atoms in total. The second-order valence-corrected chi connectivity index (χ2v) is 9.16. The van der Waals surface area contributed by atoms with E-state index in [1.54, 1.807) is 25.3 Å². The summed E-state index contributed by atoms with van der Waals surface area (Å²) < 4.78 is 5.67. The third kappa shape index (κ3) is 3.85. The zero-order valence-electron chi connectivity index (χ0n) is 19.2. The Kier molecular flexibility index (Phi) is 5.55. The molecule has 1 saturated heterocycles. The van der Waals surface area contributed by atoms with Gasteiger partial charge in [0.25, 0.3) is 5.91 Å². The molecule has 0 atom stereocenters. The molecule has 33 heavy (non-hydrogen) atoms. The van der Waals surface area contributed by atoms with Crippen molar-refractivity contribution in [1.29, 1.82) is 0 Å². The molecule has 0 radical (unpaired) electrons. The van der Waals surface area contributed by atoms with Crippen molar-refractivity contribution in [1.82, 2.24) is 14.9 Å². The molecule has 0 unspecified atom stereocenters.